The van der Waals surface area contributed by atoms with Gasteiger partial charge in [-0.1, -0.05) is 23.2 Å². The first-order valence-electron chi connectivity index (χ1n) is 5.79. The fourth-order valence-electron chi connectivity index (χ4n) is 2.05. The largest absolute Gasteiger partial charge is 0.478 e. The number of aromatic carboxylic acids is 1. The molecule has 3 rings (SSSR count). The average Bonchev–Trinajstić information content (AvgIpc) is 2.80. The van der Waals surface area contributed by atoms with E-state index in [4.69, 9.17) is 33.0 Å². The molecule has 2 aromatic rings. The van der Waals surface area contributed by atoms with Crippen LogP contribution in [-0.2, 0) is 0 Å². The van der Waals surface area contributed by atoms with Crippen LogP contribution in [0.4, 0.5) is 5.69 Å². The third-order valence-corrected chi connectivity index (χ3v) is 3.38. The molecule has 0 bridgehead atoms. The maximum Gasteiger partial charge on any atom is 0.335 e. The molecule has 0 fully saturated rings. The van der Waals surface area contributed by atoms with Gasteiger partial charge < -0.3 is 15.2 Å². The predicted octanol–water partition coefficient (Wildman–Crippen LogP) is 4.19. The molecule has 0 spiro atoms. The van der Waals surface area contributed by atoms with Gasteiger partial charge in [-0.15, -0.1) is 0 Å². The molecule has 20 heavy (non-hydrogen) atoms. The van der Waals surface area contributed by atoms with Gasteiger partial charge in [0.1, 0.15) is 5.75 Å². The lowest BCUT2D eigenvalue weighted by Crippen LogP contribution is -2.09. The van der Waals surface area contributed by atoms with Crippen molar-refractivity contribution in [1.29, 1.82) is 0 Å². The molecule has 4 nitrogen and oxygen atoms in total. The lowest BCUT2D eigenvalue weighted by Gasteiger charge is -2.12. The number of nitrogens with one attached hydrogen (secondary N) is 1. The number of anilines is 1. The van der Waals surface area contributed by atoms with Crippen LogP contribution < -0.4 is 10.1 Å². The number of carboxylic acids is 1. The van der Waals surface area contributed by atoms with Crippen LogP contribution in [0.5, 0.6) is 5.75 Å². The molecule has 1 aliphatic rings. The van der Waals surface area contributed by atoms with Crippen LogP contribution in [0, 0.1) is 0 Å². The molecule has 1 heterocycles. The predicted molar refractivity (Wildman–Crippen MR) is 76.9 cm³/mol. The van der Waals surface area contributed by atoms with Gasteiger partial charge in [0.05, 0.1) is 11.3 Å². The highest BCUT2D eigenvalue weighted by Crippen LogP contribution is 2.39. The number of hydrogen-bond acceptors (Lipinski definition) is 3. The Hall–Kier alpha value is -1.91. The van der Waals surface area contributed by atoms with Crippen molar-refractivity contribution in [2.24, 2.45) is 0 Å². The van der Waals surface area contributed by atoms with E-state index >= 15 is 0 Å². The van der Waals surface area contributed by atoms with Gasteiger partial charge in [-0.05, 0) is 36.4 Å². The highest BCUT2D eigenvalue weighted by atomic mass is 35.5. The van der Waals surface area contributed by atoms with Crippen LogP contribution in [-0.4, -0.2) is 11.1 Å². The second kappa shape index (κ2) is 4.89. The summed E-state index contributed by atoms with van der Waals surface area (Å²) in [4.78, 5) is 10.9. The molecule has 1 unspecified atom stereocenters. The summed E-state index contributed by atoms with van der Waals surface area (Å²) in [5, 5.41) is 13.1. The zero-order chi connectivity index (χ0) is 14.3. The van der Waals surface area contributed by atoms with Crippen molar-refractivity contribution in [3.05, 3.63) is 57.6 Å². The van der Waals surface area contributed by atoms with Gasteiger partial charge in [0.15, 0.2) is 6.23 Å². The van der Waals surface area contributed by atoms with Gasteiger partial charge in [-0.25, -0.2) is 4.79 Å². The molecule has 0 amide bonds. The maximum absolute atomic E-state index is 10.9. The number of ether oxygens (including phenoxy) is 1. The Morgan fingerprint density at radius 2 is 1.85 bits per heavy atom. The fourth-order valence-corrected chi connectivity index (χ4v) is 2.59. The van der Waals surface area contributed by atoms with Crippen LogP contribution in [0.1, 0.15) is 22.1 Å². The van der Waals surface area contributed by atoms with E-state index in [1.165, 1.54) is 12.1 Å². The minimum Gasteiger partial charge on any atom is -0.478 e. The first-order valence-corrected chi connectivity index (χ1v) is 6.55. The quantitative estimate of drug-likeness (QED) is 0.873. The molecule has 0 aromatic heterocycles. The van der Waals surface area contributed by atoms with Gasteiger partial charge in [0.25, 0.3) is 0 Å². The highest BCUT2D eigenvalue weighted by Gasteiger charge is 2.24. The Balaban J connectivity index is 1.91. The summed E-state index contributed by atoms with van der Waals surface area (Å²) in [6.45, 7) is 0. The number of hydrogen-bond donors (Lipinski definition) is 2. The molecule has 0 saturated heterocycles. The van der Waals surface area contributed by atoms with Crippen LogP contribution in [0.3, 0.4) is 0 Å². The van der Waals surface area contributed by atoms with Gasteiger partial charge in [0.2, 0.25) is 0 Å². The van der Waals surface area contributed by atoms with Crippen molar-refractivity contribution in [1.82, 2.24) is 0 Å². The normalized spacial score (nSPS) is 16.2. The Morgan fingerprint density at radius 1 is 1.15 bits per heavy atom. The summed E-state index contributed by atoms with van der Waals surface area (Å²) in [7, 11) is 0. The van der Waals surface area contributed by atoms with E-state index in [1.54, 1.807) is 24.3 Å². The van der Waals surface area contributed by atoms with Crippen molar-refractivity contribution in [3.8, 4) is 5.75 Å². The van der Waals surface area contributed by atoms with Crippen LogP contribution in [0.15, 0.2) is 36.4 Å². The zero-order valence-electron chi connectivity index (χ0n) is 10.1. The van der Waals surface area contributed by atoms with Crippen molar-refractivity contribution in [3.63, 3.8) is 0 Å². The summed E-state index contributed by atoms with van der Waals surface area (Å²) < 4.78 is 5.70. The van der Waals surface area contributed by atoms with E-state index in [9.17, 15) is 4.79 Å². The first kappa shape index (κ1) is 13.1. The van der Waals surface area contributed by atoms with Crippen LogP contribution in [0.2, 0.25) is 10.0 Å². The fraction of sp³-hybridized carbons (Fsp3) is 0.0714. The van der Waals surface area contributed by atoms with Crippen LogP contribution >= 0.6 is 23.2 Å². The number of carbonyl (C=O) groups is 1. The van der Waals surface area contributed by atoms with Gasteiger partial charge in [-0.2, -0.15) is 0 Å². The maximum atomic E-state index is 10.9. The summed E-state index contributed by atoms with van der Waals surface area (Å²) in [5.74, 6) is -0.503. The minimum atomic E-state index is -0.995. The SMILES string of the molecule is O=C(O)c1ccc2c(c1)OC(c1cc(Cl)cc(Cl)c1)N2. The Labute approximate surface area is 124 Å². The Morgan fingerprint density at radius 3 is 2.50 bits per heavy atom. The lowest BCUT2D eigenvalue weighted by molar-refractivity contribution is 0.0696. The number of benzene rings is 2. The molecule has 1 atom stereocenters. The molecule has 2 aromatic carbocycles. The number of rotatable bonds is 2. The molecule has 0 aliphatic carbocycles. The molecule has 1 aliphatic heterocycles. The van der Waals surface area contributed by atoms with E-state index in [1.807, 2.05) is 0 Å². The zero-order valence-corrected chi connectivity index (χ0v) is 11.6. The number of fused-ring (bicyclic) bond motifs is 1. The molecule has 6 heteroatoms. The molecule has 0 radical (unpaired) electrons. The number of carboxylic acid groups (broad SMARTS) is 1. The van der Waals surface area contributed by atoms with Gasteiger partial charge in [-0.3, -0.25) is 0 Å². The smallest absolute Gasteiger partial charge is 0.335 e. The Kier molecular flexibility index (Phi) is 3.20. The molecule has 0 saturated carbocycles. The highest BCUT2D eigenvalue weighted by molar-refractivity contribution is 6.34. The van der Waals surface area contributed by atoms with Crippen molar-refractivity contribution >= 4 is 34.9 Å². The van der Waals surface area contributed by atoms with Gasteiger partial charge in [0, 0.05) is 15.6 Å². The van der Waals surface area contributed by atoms with E-state index < -0.39 is 12.2 Å². The summed E-state index contributed by atoms with van der Waals surface area (Å²) in [6, 6.07) is 9.80. The van der Waals surface area contributed by atoms with Gasteiger partial charge >= 0.3 is 5.97 Å². The summed E-state index contributed by atoms with van der Waals surface area (Å²) in [5.41, 5.74) is 1.68. The minimum absolute atomic E-state index is 0.176. The van der Waals surface area contributed by atoms with E-state index in [0.717, 1.165) is 11.3 Å². The molecular weight excluding hydrogens is 301 g/mol. The first-order chi connectivity index (χ1) is 9.52. The average molecular weight is 310 g/mol. The molecular formula is C14H9Cl2NO3. The second-order valence-electron chi connectivity index (χ2n) is 4.36. The third kappa shape index (κ3) is 2.40. The second-order valence-corrected chi connectivity index (χ2v) is 5.23. The summed E-state index contributed by atoms with van der Waals surface area (Å²) >= 11 is 11.9. The van der Waals surface area contributed by atoms with Crippen molar-refractivity contribution < 1.29 is 14.6 Å². The van der Waals surface area contributed by atoms with E-state index in [-0.39, 0.29) is 5.56 Å². The third-order valence-electron chi connectivity index (χ3n) is 2.95. The van der Waals surface area contributed by atoms with Crippen molar-refractivity contribution in [2.45, 2.75) is 6.23 Å². The molecule has 102 valence electrons. The number of halogens is 2. The van der Waals surface area contributed by atoms with E-state index in [2.05, 4.69) is 5.32 Å². The van der Waals surface area contributed by atoms with Crippen molar-refractivity contribution in [2.75, 3.05) is 5.32 Å². The lowest BCUT2D eigenvalue weighted by atomic mass is 10.2. The van der Waals surface area contributed by atoms with E-state index in [0.29, 0.717) is 15.8 Å². The summed E-state index contributed by atoms with van der Waals surface area (Å²) in [6.07, 6.45) is -0.440. The standard InChI is InChI=1S/C14H9Cl2NO3/c15-9-3-8(4-10(16)6-9)13-17-11-2-1-7(14(18)19)5-12(11)20-13/h1-6,13,17H,(H,18,19). The molecule has 2 N–H and O–H groups in total. The Bertz CT molecular complexity index is 683. The monoisotopic (exact) mass is 309 g/mol. The van der Waals surface area contributed by atoms with Crippen LogP contribution in [0.25, 0.3) is 0 Å². The topological polar surface area (TPSA) is 58.6 Å².